The second kappa shape index (κ2) is 18.5. The van der Waals surface area contributed by atoms with E-state index in [-0.39, 0.29) is 46.0 Å². The van der Waals surface area contributed by atoms with Gasteiger partial charge in [0.05, 0.1) is 28.4 Å². The lowest BCUT2D eigenvalue weighted by atomic mass is 9.95. The number of carbonyl (C=O) groups is 3. The number of ketones is 1. The fraction of sp³-hybridized carbons (Fsp3) is 0.175. The fourth-order valence-electron chi connectivity index (χ4n) is 4.99. The highest BCUT2D eigenvalue weighted by molar-refractivity contribution is 6.36. The van der Waals surface area contributed by atoms with Gasteiger partial charge in [0.1, 0.15) is 17.7 Å². The molecule has 260 valence electrons. The zero-order chi connectivity index (χ0) is 36.8. The lowest BCUT2D eigenvalue weighted by Gasteiger charge is -2.15. The summed E-state index contributed by atoms with van der Waals surface area (Å²) in [6.45, 7) is 4.73. The van der Waals surface area contributed by atoms with Crippen LogP contribution in [-0.4, -0.2) is 47.2 Å². The SMILES string of the molecule is C#Cc1ccc(N=CC(C(=O)NCCC)=C(O)c2cccc3ccccc23)cc1.CCNC(=O)CC(=O)C1=C(Cl)C(=C(N)c2ccon2)CC=C1. The van der Waals surface area contributed by atoms with Gasteiger partial charge in [0.2, 0.25) is 5.91 Å². The van der Waals surface area contributed by atoms with Gasteiger partial charge in [-0.1, -0.05) is 84.2 Å². The number of Topliss-reactive ketones (excluding diaryl/α,β-unsaturated/α-hetero) is 1. The Hall–Kier alpha value is -6.18. The van der Waals surface area contributed by atoms with Crippen LogP contribution in [0, 0.1) is 12.3 Å². The summed E-state index contributed by atoms with van der Waals surface area (Å²) in [6, 6.07) is 22.0. The Morgan fingerprint density at radius 3 is 2.49 bits per heavy atom. The van der Waals surface area contributed by atoms with Crippen LogP contribution in [0.1, 0.15) is 49.9 Å². The van der Waals surface area contributed by atoms with E-state index in [1.165, 1.54) is 12.5 Å². The predicted molar refractivity (Wildman–Crippen MR) is 202 cm³/mol. The number of aliphatic hydroxyl groups excluding tert-OH is 1. The van der Waals surface area contributed by atoms with E-state index in [2.05, 4.69) is 26.7 Å². The van der Waals surface area contributed by atoms with E-state index in [0.717, 1.165) is 22.8 Å². The Morgan fingerprint density at radius 2 is 1.80 bits per heavy atom. The van der Waals surface area contributed by atoms with Gasteiger partial charge in [0, 0.05) is 47.6 Å². The van der Waals surface area contributed by atoms with Crippen molar-refractivity contribution in [2.75, 3.05) is 13.1 Å². The normalized spacial score (nSPS) is 13.9. The summed E-state index contributed by atoms with van der Waals surface area (Å²) in [5.74, 6) is 1.38. The van der Waals surface area contributed by atoms with E-state index in [4.69, 9.17) is 28.3 Å². The lowest BCUT2D eigenvalue weighted by Crippen LogP contribution is -2.27. The quantitative estimate of drug-likeness (QED) is 0.0434. The van der Waals surface area contributed by atoms with Crippen molar-refractivity contribution in [1.82, 2.24) is 15.8 Å². The number of amides is 2. The molecule has 1 aromatic heterocycles. The number of aromatic nitrogens is 1. The molecule has 0 saturated carbocycles. The number of allylic oxidation sites excluding steroid dienone is 5. The number of aliphatic imine (C=N–C) groups is 1. The molecule has 0 fully saturated rings. The van der Waals surface area contributed by atoms with Gasteiger partial charge in [-0.15, -0.1) is 6.42 Å². The Morgan fingerprint density at radius 1 is 1.06 bits per heavy atom. The van der Waals surface area contributed by atoms with Gasteiger partial charge in [-0.25, -0.2) is 0 Å². The summed E-state index contributed by atoms with van der Waals surface area (Å²) in [5, 5.41) is 22.2. The molecule has 0 radical (unpaired) electrons. The van der Waals surface area contributed by atoms with Crippen LogP contribution in [0.15, 0.2) is 122 Å². The summed E-state index contributed by atoms with van der Waals surface area (Å²) in [4.78, 5) is 40.8. The van der Waals surface area contributed by atoms with Gasteiger partial charge in [0.15, 0.2) is 5.78 Å². The minimum atomic E-state index is -0.374. The third kappa shape index (κ3) is 9.94. The molecule has 4 aromatic rings. The summed E-state index contributed by atoms with van der Waals surface area (Å²) in [5.41, 5.74) is 9.79. The first kappa shape index (κ1) is 37.6. The van der Waals surface area contributed by atoms with Crippen LogP contribution < -0.4 is 16.4 Å². The maximum absolute atomic E-state index is 12.7. The molecule has 2 amide bonds. The van der Waals surface area contributed by atoms with Crippen molar-refractivity contribution >= 4 is 63.3 Å². The van der Waals surface area contributed by atoms with Crippen LogP contribution in [0.5, 0.6) is 0 Å². The molecule has 1 heterocycles. The number of fused-ring (bicyclic) bond motifs is 1. The number of benzene rings is 3. The summed E-state index contributed by atoms with van der Waals surface area (Å²) < 4.78 is 4.75. The largest absolute Gasteiger partial charge is 0.506 e. The average Bonchev–Trinajstić information content (AvgIpc) is 3.69. The van der Waals surface area contributed by atoms with E-state index in [1.54, 1.807) is 55.5 Å². The van der Waals surface area contributed by atoms with E-state index < -0.39 is 0 Å². The Bertz CT molecular complexity index is 2080. The molecule has 1 aliphatic rings. The minimum Gasteiger partial charge on any atom is -0.506 e. The standard InChI is InChI=1S/C25H22N2O2.C15H16ClN3O3/c1-3-16-26-25(29)23(17-27-20-14-12-18(4-2)13-15-20)24(28)22-11-7-9-19-8-5-6-10-21(19)22;1-2-18-13(21)8-12(20)9-4-3-5-10(14(9)16)15(17)11-6-7-22-19-11/h2,5-15,17,28H,3,16H2,1H3,(H,26,29);3-4,6-7H,2,5,8,17H2,1H3,(H,18,21). The number of hydrogen-bond acceptors (Lipinski definition) is 8. The molecular weight excluding hydrogens is 666 g/mol. The Labute approximate surface area is 301 Å². The smallest absolute Gasteiger partial charge is 0.256 e. The van der Waals surface area contributed by atoms with Crippen LogP contribution in [0.2, 0.25) is 0 Å². The van der Waals surface area contributed by atoms with Crippen molar-refractivity contribution in [3.63, 3.8) is 0 Å². The van der Waals surface area contributed by atoms with Crippen LogP contribution in [0.3, 0.4) is 0 Å². The monoisotopic (exact) mass is 703 g/mol. The van der Waals surface area contributed by atoms with Gasteiger partial charge < -0.3 is 26.0 Å². The number of hydrogen-bond donors (Lipinski definition) is 4. The second-order valence-corrected chi connectivity index (χ2v) is 11.5. The van der Waals surface area contributed by atoms with Crippen LogP contribution in [0.25, 0.3) is 22.2 Å². The number of aliphatic hydroxyl groups is 1. The van der Waals surface area contributed by atoms with E-state index in [9.17, 15) is 19.5 Å². The molecule has 0 spiro atoms. The van der Waals surface area contributed by atoms with Gasteiger partial charge in [-0.3, -0.25) is 19.4 Å². The van der Waals surface area contributed by atoms with Crippen molar-refractivity contribution < 1.29 is 24.0 Å². The van der Waals surface area contributed by atoms with Gasteiger partial charge in [-0.05, 0) is 54.8 Å². The lowest BCUT2D eigenvalue weighted by molar-refractivity contribution is -0.126. The van der Waals surface area contributed by atoms with Gasteiger partial charge in [0.25, 0.3) is 5.91 Å². The number of rotatable bonds is 11. The molecule has 0 atom stereocenters. The number of carbonyl (C=O) groups excluding carboxylic acids is 3. The first-order valence-corrected chi connectivity index (χ1v) is 16.6. The molecule has 5 N–H and O–H groups in total. The zero-order valence-corrected chi connectivity index (χ0v) is 29.0. The number of nitrogens with one attached hydrogen (secondary N) is 2. The van der Waals surface area contributed by atoms with E-state index >= 15 is 0 Å². The van der Waals surface area contributed by atoms with Crippen LogP contribution in [0.4, 0.5) is 5.69 Å². The minimum absolute atomic E-state index is 0.107. The third-order valence-electron chi connectivity index (χ3n) is 7.60. The highest BCUT2D eigenvalue weighted by atomic mass is 35.5. The Balaban J connectivity index is 0.000000238. The first-order chi connectivity index (χ1) is 24.7. The second-order valence-electron chi connectivity index (χ2n) is 11.2. The van der Waals surface area contributed by atoms with Crippen molar-refractivity contribution in [3.05, 3.63) is 130 Å². The molecule has 10 nitrogen and oxygen atoms in total. The number of nitrogens with two attached hydrogens (primary N) is 1. The first-order valence-electron chi connectivity index (χ1n) is 16.2. The summed E-state index contributed by atoms with van der Waals surface area (Å²) in [7, 11) is 0. The van der Waals surface area contributed by atoms with Crippen molar-refractivity contribution in [3.8, 4) is 12.3 Å². The maximum atomic E-state index is 12.7. The summed E-state index contributed by atoms with van der Waals surface area (Å²) in [6.07, 6.45) is 12.6. The number of terminal acetylenes is 1. The van der Waals surface area contributed by atoms with Crippen molar-refractivity contribution in [2.45, 2.75) is 33.1 Å². The molecule has 1 aliphatic carbocycles. The maximum Gasteiger partial charge on any atom is 0.256 e. The third-order valence-corrected chi connectivity index (χ3v) is 8.03. The van der Waals surface area contributed by atoms with Crippen molar-refractivity contribution in [1.29, 1.82) is 0 Å². The zero-order valence-electron chi connectivity index (χ0n) is 28.3. The molecule has 0 bridgehead atoms. The number of nitrogens with zero attached hydrogens (tertiary/aromatic N) is 2. The highest BCUT2D eigenvalue weighted by Gasteiger charge is 2.22. The summed E-state index contributed by atoms with van der Waals surface area (Å²) >= 11 is 6.30. The average molecular weight is 704 g/mol. The van der Waals surface area contributed by atoms with Crippen molar-refractivity contribution in [2.24, 2.45) is 10.7 Å². The van der Waals surface area contributed by atoms with Gasteiger partial charge >= 0.3 is 0 Å². The number of halogens is 1. The van der Waals surface area contributed by atoms with E-state index in [1.807, 2.05) is 43.3 Å². The van der Waals surface area contributed by atoms with Gasteiger partial charge in [-0.2, -0.15) is 0 Å². The molecule has 0 aliphatic heterocycles. The Kier molecular flexibility index (Phi) is 13.7. The van der Waals surface area contributed by atoms with Crippen LogP contribution in [-0.2, 0) is 14.4 Å². The molecule has 5 rings (SSSR count). The molecule has 0 saturated heterocycles. The molecular formula is C40H38ClN5O5. The predicted octanol–water partition coefficient (Wildman–Crippen LogP) is 6.91. The fourth-order valence-corrected chi connectivity index (χ4v) is 5.34. The molecule has 0 unspecified atom stereocenters. The molecule has 11 heteroatoms. The topological polar surface area (TPSA) is 160 Å². The highest BCUT2D eigenvalue weighted by Crippen LogP contribution is 2.33. The van der Waals surface area contributed by atoms with E-state index in [0.29, 0.717) is 47.7 Å². The van der Waals surface area contributed by atoms with Crippen LogP contribution >= 0.6 is 11.6 Å². The molecule has 51 heavy (non-hydrogen) atoms. The molecule has 3 aromatic carbocycles.